The third kappa shape index (κ3) is 9.15. The van der Waals surface area contributed by atoms with Crippen LogP contribution in [0.25, 0.3) is 33.4 Å². The molecule has 57 heavy (non-hydrogen) atoms. The predicted molar refractivity (Wildman–Crippen MR) is 254 cm³/mol. The Morgan fingerprint density at radius 3 is 1.33 bits per heavy atom. The van der Waals surface area contributed by atoms with Crippen LogP contribution in [-0.2, 0) is 0 Å². The van der Waals surface area contributed by atoms with Crippen molar-refractivity contribution >= 4 is 13.2 Å². The SMILES string of the molecule is COc1ccc(-c2c(C(C)C)cc(C(C)C)c(-c3cccc(-c4c(C(C)C)cc(C(C)C)cc4C(C)C)c3P(C3CCCCC3)C3CCCCC3)c2C(C)C)cc1. The van der Waals surface area contributed by atoms with Gasteiger partial charge in [-0.1, -0.05) is 178 Å². The smallest absolute Gasteiger partial charge is 0.118 e. The second kappa shape index (κ2) is 19.0. The molecule has 2 aliphatic carbocycles. The fourth-order valence-electron chi connectivity index (χ4n) is 10.5. The number of benzene rings is 4. The topological polar surface area (TPSA) is 9.23 Å². The molecule has 0 aliphatic heterocycles. The summed E-state index contributed by atoms with van der Waals surface area (Å²) in [5.74, 6) is 3.44. The summed E-state index contributed by atoms with van der Waals surface area (Å²) >= 11 is 0. The normalized spacial score (nSPS) is 16.1. The van der Waals surface area contributed by atoms with Gasteiger partial charge in [-0.25, -0.2) is 0 Å². The summed E-state index contributed by atoms with van der Waals surface area (Å²) in [5, 5.41) is 1.76. The van der Waals surface area contributed by atoms with Gasteiger partial charge in [-0.2, -0.15) is 0 Å². The van der Waals surface area contributed by atoms with Gasteiger partial charge in [0.15, 0.2) is 0 Å². The monoisotopic (exact) mass is 785 g/mol. The molecule has 2 saturated carbocycles. The van der Waals surface area contributed by atoms with Crippen LogP contribution >= 0.6 is 7.92 Å². The van der Waals surface area contributed by atoms with Crippen LogP contribution in [0.15, 0.2) is 60.7 Å². The van der Waals surface area contributed by atoms with Crippen molar-refractivity contribution in [3.05, 3.63) is 94.0 Å². The van der Waals surface area contributed by atoms with Crippen molar-refractivity contribution in [1.29, 1.82) is 0 Å². The first-order valence-electron chi connectivity index (χ1n) is 23.2. The lowest BCUT2D eigenvalue weighted by Gasteiger charge is -2.42. The summed E-state index contributed by atoms with van der Waals surface area (Å²) in [4.78, 5) is 0. The average Bonchev–Trinajstić information content (AvgIpc) is 3.20. The first-order chi connectivity index (χ1) is 27.2. The molecule has 0 N–H and O–H groups in total. The van der Waals surface area contributed by atoms with E-state index in [9.17, 15) is 0 Å². The summed E-state index contributed by atoms with van der Waals surface area (Å²) in [7, 11) is 1.34. The lowest BCUT2D eigenvalue weighted by molar-refractivity contribution is 0.415. The molecule has 0 amide bonds. The maximum Gasteiger partial charge on any atom is 0.118 e. The highest BCUT2D eigenvalue weighted by Gasteiger charge is 2.38. The van der Waals surface area contributed by atoms with Crippen LogP contribution in [0, 0.1) is 0 Å². The molecule has 0 saturated heterocycles. The van der Waals surface area contributed by atoms with Crippen molar-refractivity contribution in [2.45, 2.75) is 194 Å². The van der Waals surface area contributed by atoms with Crippen LogP contribution < -0.4 is 10.0 Å². The van der Waals surface area contributed by atoms with Gasteiger partial charge in [-0.15, -0.1) is 0 Å². The van der Waals surface area contributed by atoms with E-state index in [2.05, 4.69) is 144 Å². The first kappa shape index (κ1) is 43.7. The van der Waals surface area contributed by atoms with E-state index in [-0.39, 0.29) is 0 Å². The molecule has 0 unspecified atom stereocenters. The Morgan fingerprint density at radius 2 is 0.912 bits per heavy atom. The number of methoxy groups -OCH3 is 1. The molecule has 0 aromatic heterocycles. The summed E-state index contributed by atoms with van der Waals surface area (Å²) in [6.07, 6.45) is 14.0. The average molecular weight is 785 g/mol. The van der Waals surface area contributed by atoms with Crippen LogP contribution in [-0.4, -0.2) is 18.4 Å². The molecule has 0 radical (unpaired) electrons. The molecule has 0 heterocycles. The zero-order valence-corrected chi connectivity index (χ0v) is 39.2. The molecule has 2 fully saturated rings. The lowest BCUT2D eigenvalue weighted by atomic mass is 9.75. The summed E-state index contributed by atoms with van der Waals surface area (Å²) in [6, 6.07) is 24.5. The molecular formula is C55H77OP. The van der Waals surface area contributed by atoms with Crippen LogP contribution in [0.5, 0.6) is 5.75 Å². The van der Waals surface area contributed by atoms with Crippen LogP contribution in [0.3, 0.4) is 0 Å². The Morgan fingerprint density at radius 1 is 0.474 bits per heavy atom. The van der Waals surface area contributed by atoms with Gasteiger partial charge < -0.3 is 4.74 Å². The van der Waals surface area contributed by atoms with E-state index in [0.717, 1.165) is 17.1 Å². The lowest BCUT2D eigenvalue weighted by Crippen LogP contribution is -2.29. The van der Waals surface area contributed by atoms with E-state index < -0.39 is 7.92 Å². The minimum atomic E-state index is -0.435. The maximum atomic E-state index is 5.69. The summed E-state index contributed by atoms with van der Waals surface area (Å²) in [6.45, 7) is 29.2. The third-order valence-electron chi connectivity index (χ3n) is 13.5. The minimum absolute atomic E-state index is 0.350. The zero-order chi connectivity index (χ0) is 41.1. The van der Waals surface area contributed by atoms with Gasteiger partial charge in [0.2, 0.25) is 0 Å². The van der Waals surface area contributed by atoms with Gasteiger partial charge in [0.05, 0.1) is 7.11 Å². The highest BCUT2D eigenvalue weighted by molar-refractivity contribution is 7.67. The van der Waals surface area contributed by atoms with Crippen LogP contribution in [0.1, 0.15) is 216 Å². The molecule has 4 aromatic rings. The first-order valence-corrected chi connectivity index (χ1v) is 24.7. The number of hydrogen-bond donors (Lipinski definition) is 0. The van der Waals surface area contributed by atoms with Crippen molar-refractivity contribution in [1.82, 2.24) is 0 Å². The summed E-state index contributed by atoms with van der Waals surface area (Å²) in [5.41, 5.74) is 19.7. The fraction of sp³-hybridized carbons (Fsp3) is 0.564. The molecule has 2 heteroatoms. The Kier molecular flexibility index (Phi) is 14.6. The Labute approximate surface area is 351 Å². The van der Waals surface area contributed by atoms with Gasteiger partial charge in [0.1, 0.15) is 5.75 Å². The van der Waals surface area contributed by atoms with E-state index in [1.54, 1.807) is 51.4 Å². The van der Waals surface area contributed by atoms with Crippen molar-refractivity contribution in [2.24, 2.45) is 0 Å². The molecule has 0 atom stereocenters. The highest BCUT2D eigenvalue weighted by atomic mass is 31.1. The van der Waals surface area contributed by atoms with E-state index in [1.807, 2.05) is 0 Å². The predicted octanol–water partition coefficient (Wildman–Crippen LogP) is 17.2. The van der Waals surface area contributed by atoms with Gasteiger partial charge in [-0.05, 0) is 157 Å². The summed E-state index contributed by atoms with van der Waals surface area (Å²) < 4.78 is 5.69. The minimum Gasteiger partial charge on any atom is -0.497 e. The molecule has 2 aliphatic rings. The van der Waals surface area contributed by atoms with Crippen molar-refractivity contribution < 1.29 is 4.74 Å². The molecule has 4 aromatic carbocycles. The van der Waals surface area contributed by atoms with Crippen molar-refractivity contribution in [2.75, 3.05) is 7.11 Å². The van der Waals surface area contributed by atoms with Crippen molar-refractivity contribution in [3.63, 3.8) is 0 Å². The maximum absolute atomic E-state index is 5.69. The quantitative estimate of drug-likeness (QED) is 0.123. The zero-order valence-electron chi connectivity index (χ0n) is 38.3. The van der Waals surface area contributed by atoms with Crippen molar-refractivity contribution in [3.8, 4) is 39.1 Å². The fourth-order valence-corrected chi connectivity index (χ4v) is 14.6. The molecule has 0 bridgehead atoms. The van der Waals surface area contributed by atoms with Gasteiger partial charge >= 0.3 is 0 Å². The Hall–Kier alpha value is -2.89. The van der Waals surface area contributed by atoms with Gasteiger partial charge in [0.25, 0.3) is 0 Å². The molecule has 1 nitrogen and oxygen atoms in total. The Balaban J connectivity index is 1.83. The Bertz CT molecular complexity index is 1900. The second-order valence-electron chi connectivity index (χ2n) is 19.6. The highest BCUT2D eigenvalue weighted by Crippen LogP contribution is 2.59. The largest absolute Gasteiger partial charge is 0.497 e. The molecule has 6 rings (SSSR count). The van der Waals surface area contributed by atoms with E-state index in [4.69, 9.17) is 4.74 Å². The van der Waals surface area contributed by atoms with Crippen LogP contribution in [0.2, 0.25) is 0 Å². The second-order valence-corrected chi connectivity index (χ2v) is 22.4. The number of ether oxygens (including phenoxy) is 1. The molecule has 0 spiro atoms. The van der Waals surface area contributed by atoms with Gasteiger partial charge in [-0.3, -0.25) is 0 Å². The van der Waals surface area contributed by atoms with E-state index in [0.29, 0.717) is 35.5 Å². The third-order valence-corrected chi connectivity index (χ3v) is 17.1. The molecular weight excluding hydrogens is 708 g/mol. The van der Waals surface area contributed by atoms with Crippen LogP contribution in [0.4, 0.5) is 0 Å². The molecule has 308 valence electrons. The van der Waals surface area contributed by atoms with Gasteiger partial charge in [0, 0.05) is 0 Å². The number of hydrogen-bond acceptors (Lipinski definition) is 1. The van der Waals surface area contributed by atoms with E-state index in [1.165, 1.54) is 92.0 Å². The standard InChI is InChI=1S/C55H77OP/c1-34(2)41-31-47(35(3)4)53(48(32-41)36(5)6)45-25-20-26-46(55(45)57(43-21-16-14-17-22-43)44-23-18-15-19-24-44)54-50(38(9)10)33-49(37(7)8)52(51(54)39(11)12)40-27-29-42(56-13)30-28-40/h20,25-39,43-44H,14-19,21-24H2,1-13H3. The number of rotatable bonds is 13. The van der Waals surface area contributed by atoms with E-state index >= 15 is 0 Å².